The fourth-order valence-electron chi connectivity index (χ4n) is 1.11. The van der Waals surface area contributed by atoms with Crippen LogP contribution in [0.3, 0.4) is 0 Å². The fourth-order valence-corrected chi connectivity index (χ4v) is 1.33. The molecule has 3 N–H and O–H groups in total. The number of carbonyl (C=O) groups is 1. The molecular weight excluding hydrogens is 270 g/mol. The monoisotopic (exact) mass is 283 g/mol. The van der Waals surface area contributed by atoms with Gasteiger partial charge in [0, 0.05) is 10.7 Å². The molecule has 5 heteroatoms. The Morgan fingerprint density at radius 1 is 1.81 bits per heavy atom. The number of nitrogens with zero attached hydrogens (tertiary/aromatic N) is 1. The number of aromatic nitrogens is 1. The molecule has 1 heterocycles. The van der Waals surface area contributed by atoms with Crippen molar-refractivity contribution in [3.8, 4) is 0 Å². The van der Waals surface area contributed by atoms with Crippen LogP contribution in [-0.4, -0.2) is 16.9 Å². The predicted octanol–water partition coefficient (Wildman–Crippen LogP) is 1.99. The fraction of sp³-hybridized carbons (Fsp3) is 0.273. The highest BCUT2D eigenvalue weighted by atomic mass is 79.9. The largest absolute Gasteiger partial charge is 0.320 e. The molecule has 1 atom stereocenters. The summed E-state index contributed by atoms with van der Waals surface area (Å²) in [6, 6.07) is 1.20. The molecule has 0 saturated carbocycles. The van der Waals surface area contributed by atoms with Gasteiger partial charge in [-0.05, 0) is 40.9 Å². The SMILES string of the molecule is C=CCC(N)C(=O)Nc1cc(C)c(Br)cn1. The Labute approximate surface area is 103 Å². The number of aryl methyl sites for hydroxylation is 1. The molecule has 1 amide bonds. The summed E-state index contributed by atoms with van der Waals surface area (Å²) in [5.41, 5.74) is 6.63. The second kappa shape index (κ2) is 5.77. The van der Waals surface area contributed by atoms with Gasteiger partial charge >= 0.3 is 0 Å². The Kier molecular flexibility index (Phi) is 4.64. The summed E-state index contributed by atoms with van der Waals surface area (Å²) < 4.78 is 0.904. The van der Waals surface area contributed by atoms with Crippen LogP contribution in [0.25, 0.3) is 0 Å². The third-order valence-electron chi connectivity index (χ3n) is 2.06. The average Bonchev–Trinajstić information content (AvgIpc) is 2.24. The van der Waals surface area contributed by atoms with E-state index in [9.17, 15) is 4.79 Å². The first-order valence-electron chi connectivity index (χ1n) is 4.84. The molecule has 0 aliphatic rings. The molecule has 1 aromatic heterocycles. The van der Waals surface area contributed by atoms with E-state index in [1.807, 2.05) is 6.92 Å². The van der Waals surface area contributed by atoms with Crippen molar-refractivity contribution < 1.29 is 4.79 Å². The van der Waals surface area contributed by atoms with Crippen molar-refractivity contribution in [3.63, 3.8) is 0 Å². The lowest BCUT2D eigenvalue weighted by atomic mass is 10.2. The minimum Gasteiger partial charge on any atom is -0.320 e. The van der Waals surface area contributed by atoms with Gasteiger partial charge in [0.1, 0.15) is 5.82 Å². The van der Waals surface area contributed by atoms with E-state index < -0.39 is 6.04 Å². The van der Waals surface area contributed by atoms with E-state index in [1.54, 1.807) is 18.3 Å². The summed E-state index contributed by atoms with van der Waals surface area (Å²) in [6.45, 7) is 5.46. The van der Waals surface area contributed by atoms with Gasteiger partial charge in [0.25, 0.3) is 0 Å². The van der Waals surface area contributed by atoms with Gasteiger partial charge in [0.2, 0.25) is 5.91 Å². The lowest BCUT2D eigenvalue weighted by Gasteiger charge is -2.10. The molecule has 1 aromatic rings. The van der Waals surface area contributed by atoms with Crippen LogP contribution in [-0.2, 0) is 4.79 Å². The molecule has 1 rings (SSSR count). The van der Waals surface area contributed by atoms with Gasteiger partial charge in [0.05, 0.1) is 6.04 Å². The number of nitrogens with one attached hydrogen (secondary N) is 1. The lowest BCUT2D eigenvalue weighted by molar-refractivity contribution is -0.117. The third kappa shape index (κ3) is 3.43. The summed E-state index contributed by atoms with van der Waals surface area (Å²) in [5, 5.41) is 2.65. The van der Waals surface area contributed by atoms with Crippen LogP contribution in [0.15, 0.2) is 29.4 Å². The van der Waals surface area contributed by atoms with Crippen molar-refractivity contribution in [3.05, 3.63) is 35.0 Å². The molecule has 0 aliphatic carbocycles. The van der Waals surface area contributed by atoms with E-state index in [0.29, 0.717) is 12.2 Å². The number of halogens is 1. The van der Waals surface area contributed by atoms with Crippen molar-refractivity contribution in [2.45, 2.75) is 19.4 Å². The molecule has 0 saturated heterocycles. The zero-order valence-electron chi connectivity index (χ0n) is 9.03. The maximum Gasteiger partial charge on any atom is 0.242 e. The van der Waals surface area contributed by atoms with Gasteiger partial charge in [-0.1, -0.05) is 6.08 Å². The van der Waals surface area contributed by atoms with Crippen LogP contribution < -0.4 is 11.1 Å². The maximum atomic E-state index is 11.6. The number of hydrogen-bond donors (Lipinski definition) is 2. The van der Waals surface area contributed by atoms with Gasteiger partial charge in [0.15, 0.2) is 0 Å². The number of nitrogens with two attached hydrogens (primary N) is 1. The molecule has 16 heavy (non-hydrogen) atoms. The smallest absolute Gasteiger partial charge is 0.242 e. The number of carbonyl (C=O) groups excluding carboxylic acids is 1. The van der Waals surface area contributed by atoms with Crippen LogP contribution in [0.1, 0.15) is 12.0 Å². The first kappa shape index (κ1) is 12.9. The molecule has 0 spiro atoms. The standard InChI is InChI=1S/C11H14BrN3O/c1-3-4-9(13)11(16)15-10-5-7(2)8(12)6-14-10/h3,5-6,9H,1,4,13H2,2H3,(H,14,15,16). The predicted molar refractivity (Wildman–Crippen MR) is 68.1 cm³/mol. The van der Waals surface area contributed by atoms with Crippen LogP contribution in [0.2, 0.25) is 0 Å². The van der Waals surface area contributed by atoms with Crippen LogP contribution in [0.5, 0.6) is 0 Å². The zero-order chi connectivity index (χ0) is 12.1. The lowest BCUT2D eigenvalue weighted by Crippen LogP contribution is -2.35. The van der Waals surface area contributed by atoms with Crippen LogP contribution in [0, 0.1) is 6.92 Å². The third-order valence-corrected chi connectivity index (χ3v) is 2.89. The van der Waals surface area contributed by atoms with E-state index in [0.717, 1.165) is 10.0 Å². The minimum atomic E-state index is -0.580. The summed E-state index contributed by atoms with van der Waals surface area (Å²) >= 11 is 3.34. The molecular formula is C11H14BrN3O. The van der Waals surface area contributed by atoms with Gasteiger partial charge in [-0.25, -0.2) is 4.98 Å². The van der Waals surface area contributed by atoms with E-state index in [2.05, 4.69) is 32.8 Å². The second-order valence-corrected chi connectivity index (χ2v) is 4.29. The van der Waals surface area contributed by atoms with Crippen molar-refractivity contribution in [1.29, 1.82) is 0 Å². The van der Waals surface area contributed by atoms with Gasteiger partial charge in [-0.3, -0.25) is 4.79 Å². The number of hydrogen-bond acceptors (Lipinski definition) is 3. The molecule has 0 fully saturated rings. The van der Waals surface area contributed by atoms with Crippen molar-refractivity contribution in [2.75, 3.05) is 5.32 Å². The molecule has 86 valence electrons. The van der Waals surface area contributed by atoms with Crippen LogP contribution in [0.4, 0.5) is 5.82 Å². The number of amides is 1. The van der Waals surface area contributed by atoms with Gasteiger partial charge in [-0.2, -0.15) is 0 Å². The van der Waals surface area contributed by atoms with Crippen molar-refractivity contribution in [2.24, 2.45) is 5.73 Å². The summed E-state index contributed by atoms with van der Waals surface area (Å²) in [4.78, 5) is 15.6. The van der Waals surface area contributed by atoms with Crippen molar-refractivity contribution >= 4 is 27.7 Å². The van der Waals surface area contributed by atoms with E-state index >= 15 is 0 Å². The first-order chi connectivity index (χ1) is 7.54. The average molecular weight is 284 g/mol. The van der Waals surface area contributed by atoms with Gasteiger partial charge < -0.3 is 11.1 Å². The van der Waals surface area contributed by atoms with E-state index in [-0.39, 0.29) is 5.91 Å². The summed E-state index contributed by atoms with van der Waals surface area (Å²) in [6.07, 6.45) is 3.70. The molecule has 4 nitrogen and oxygen atoms in total. The normalized spacial score (nSPS) is 11.9. The maximum absolute atomic E-state index is 11.6. The summed E-state index contributed by atoms with van der Waals surface area (Å²) in [5.74, 6) is 0.249. The second-order valence-electron chi connectivity index (χ2n) is 3.44. The van der Waals surface area contributed by atoms with E-state index in [1.165, 1.54) is 0 Å². The highest BCUT2D eigenvalue weighted by Gasteiger charge is 2.12. The summed E-state index contributed by atoms with van der Waals surface area (Å²) in [7, 11) is 0. The highest BCUT2D eigenvalue weighted by Crippen LogP contribution is 2.17. The number of anilines is 1. The highest BCUT2D eigenvalue weighted by molar-refractivity contribution is 9.10. The molecule has 0 radical (unpaired) electrons. The first-order valence-corrected chi connectivity index (χ1v) is 5.63. The van der Waals surface area contributed by atoms with Crippen LogP contribution >= 0.6 is 15.9 Å². The van der Waals surface area contributed by atoms with Gasteiger partial charge in [-0.15, -0.1) is 6.58 Å². The molecule has 0 aromatic carbocycles. The quantitative estimate of drug-likeness (QED) is 0.831. The Bertz CT molecular complexity index is 406. The number of rotatable bonds is 4. The molecule has 0 aliphatic heterocycles. The Morgan fingerprint density at radius 2 is 2.50 bits per heavy atom. The number of pyridine rings is 1. The Balaban J connectivity index is 2.69. The van der Waals surface area contributed by atoms with Crippen molar-refractivity contribution in [1.82, 2.24) is 4.98 Å². The topological polar surface area (TPSA) is 68.0 Å². The molecule has 1 unspecified atom stereocenters. The van der Waals surface area contributed by atoms with E-state index in [4.69, 9.17) is 5.73 Å². The Hall–Kier alpha value is -1.20. The Morgan fingerprint density at radius 3 is 3.06 bits per heavy atom. The zero-order valence-corrected chi connectivity index (χ0v) is 10.6. The minimum absolute atomic E-state index is 0.255. The molecule has 0 bridgehead atoms.